The second kappa shape index (κ2) is 5.03. The lowest BCUT2D eigenvalue weighted by Crippen LogP contribution is -2.03. The van der Waals surface area contributed by atoms with Crippen molar-refractivity contribution in [1.29, 1.82) is 0 Å². The molecule has 1 atom stereocenters. The summed E-state index contributed by atoms with van der Waals surface area (Å²) in [5, 5.41) is 12.7. The molecule has 16 heavy (non-hydrogen) atoms. The number of nitrogens with zero attached hydrogens (tertiary/aromatic N) is 1. The Bertz CT molecular complexity index is 475. The van der Waals surface area contributed by atoms with E-state index in [9.17, 15) is 9.50 Å². The lowest BCUT2D eigenvalue weighted by molar-refractivity contribution is 0.177. The molecular weight excluding hydrogens is 293 g/mol. The van der Waals surface area contributed by atoms with Crippen LogP contribution in [0.15, 0.2) is 34.2 Å². The monoisotopic (exact) mass is 301 g/mol. The first-order chi connectivity index (χ1) is 7.66. The summed E-state index contributed by atoms with van der Waals surface area (Å²) in [5.41, 5.74) is 0.551. The molecule has 0 spiro atoms. The van der Waals surface area contributed by atoms with Crippen LogP contribution < -0.4 is 0 Å². The number of thiazole rings is 1. The van der Waals surface area contributed by atoms with E-state index < -0.39 is 6.10 Å². The Morgan fingerprint density at radius 2 is 2.31 bits per heavy atom. The van der Waals surface area contributed by atoms with Gasteiger partial charge in [-0.1, -0.05) is 15.9 Å². The first-order valence-corrected chi connectivity index (χ1v) is 6.35. The first kappa shape index (κ1) is 11.7. The summed E-state index contributed by atoms with van der Waals surface area (Å²) in [6.07, 6.45) is 1.35. The number of hydrogen-bond donors (Lipinski definition) is 1. The van der Waals surface area contributed by atoms with Crippen LogP contribution in [0.1, 0.15) is 16.7 Å². The highest BCUT2D eigenvalue weighted by Gasteiger charge is 2.14. The zero-order valence-corrected chi connectivity index (χ0v) is 10.6. The van der Waals surface area contributed by atoms with Crippen molar-refractivity contribution in [1.82, 2.24) is 4.98 Å². The fourth-order valence-electron chi connectivity index (χ4n) is 1.40. The maximum absolute atomic E-state index is 13.0. The van der Waals surface area contributed by atoms with Gasteiger partial charge in [0, 0.05) is 22.5 Å². The summed E-state index contributed by atoms with van der Waals surface area (Å²) in [6.45, 7) is 0. The zero-order valence-electron chi connectivity index (χ0n) is 8.23. The Kier molecular flexibility index (Phi) is 3.68. The third kappa shape index (κ3) is 2.66. The normalized spacial score (nSPS) is 12.7. The average molecular weight is 302 g/mol. The van der Waals surface area contributed by atoms with Crippen molar-refractivity contribution in [2.24, 2.45) is 0 Å². The molecule has 0 radical (unpaired) electrons. The van der Waals surface area contributed by atoms with Gasteiger partial charge in [0.05, 0.1) is 11.1 Å². The van der Waals surface area contributed by atoms with E-state index in [-0.39, 0.29) is 5.82 Å². The molecule has 5 heteroatoms. The molecule has 0 saturated carbocycles. The third-order valence-corrected chi connectivity index (χ3v) is 3.69. The molecule has 2 rings (SSSR count). The fraction of sp³-hybridized carbons (Fsp3) is 0.182. The summed E-state index contributed by atoms with van der Waals surface area (Å²) in [5.74, 6) is -0.351. The molecule has 0 aliphatic rings. The highest BCUT2D eigenvalue weighted by molar-refractivity contribution is 9.10. The van der Waals surface area contributed by atoms with Gasteiger partial charge in [0.1, 0.15) is 5.82 Å². The molecule has 0 fully saturated rings. The lowest BCUT2D eigenvalue weighted by Gasteiger charge is -2.11. The molecule has 1 N–H and O–H groups in total. The number of hydrogen-bond acceptors (Lipinski definition) is 3. The highest BCUT2D eigenvalue weighted by Crippen LogP contribution is 2.27. The maximum Gasteiger partial charge on any atom is 0.123 e. The Hall–Kier alpha value is -0.780. The van der Waals surface area contributed by atoms with Crippen LogP contribution in [0.25, 0.3) is 0 Å². The van der Waals surface area contributed by atoms with E-state index >= 15 is 0 Å². The van der Waals surface area contributed by atoms with E-state index in [1.54, 1.807) is 12.3 Å². The largest absolute Gasteiger partial charge is 0.388 e. The van der Waals surface area contributed by atoms with E-state index in [2.05, 4.69) is 20.9 Å². The Labute approximate surface area is 105 Å². The van der Waals surface area contributed by atoms with E-state index in [1.807, 2.05) is 5.38 Å². The van der Waals surface area contributed by atoms with Crippen LogP contribution in [-0.2, 0) is 6.42 Å². The van der Waals surface area contributed by atoms with Crippen molar-refractivity contribution in [3.8, 4) is 0 Å². The van der Waals surface area contributed by atoms with Gasteiger partial charge >= 0.3 is 0 Å². The minimum atomic E-state index is -0.740. The van der Waals surface area contributed by atoms with Crippen LogP contribution in [0.4, 0.5) is 4.39 Å². The van der Waals surface area contributed by atoms with Crippen molar-refractivity contribution in [2.75, 3.05) is 0 Å². The summed E-state index contributed by atoms with van der Waals surface area (Å²) >= 11 is 4.77. The van der Waals surface area contributed by atoms with Crippen molar-refractivity contribution >= 4 is 27.3 Å². The highest BCUT2D eigenvalue weighted by atomic mass is 79.9. The van der Waals surface area contributed by atoms with Crippen LogP contribution in [0.5, 0.6) is 0 Å². The van der Waals surface area contributed by atoms with E-state index in [0.717, 1.165) is 5.01 Å². The van der Waals surface area contributed by atoms with Gasteiger partial charge in [-0.15, -0.1) is 11.3 Å². The number of aliphatic hydroxyl groups excluding tert-OH is 1. The molecule has 0 bridgehead atoms. The molecule has 0 aliphatic heterocycles. The number of halogens is 2. The predicted octanol–water partition coefficient (Wildman–Crippen LogP) is 3.32. The average Bonchev–Trinajstić information content (AvgIpc) is 2.74. The summed E-state index contributed by atoms with van der Waals surface area (Å²) in [7, 11) is 0. The standard InChI is InChI=1S/C11H9BrFNOS/c12-9-2-1-7(13)5-8(9)10(15)6-11-14-3-4-16-11/h1-5,10,15H,6H2. The number of rotatable bonds is 3. The van der Waals surface area contributed by atoms with E-state index in [0.29, 0.717) is 16.5 Å². The van der Waals surface area contributed by atoms with Gasteiger partial charge in [0.15, 0.2) is 0 Å². The zero-order chi connectivity index (χ0) is 11.5. The van der Waals surface area contributed by atoms with Gasteiger partial charge in [0.25, 0.3) is 0 Å². The Balaban J connectivity index is 2.20. The molecule has 2 nitrogen and oxygen atoms in total. The van der Waals surface area contributed by atoms with E-state index in [1.165, 1.54) is 23.5 Å². The second-order valence-corrected chi connectivity index (χ2v) is 5.15. The molecule has 1 aromatic carbocycles. The van der Waals surface area contributed by atoms with Crippen LogP contribution in [0.2, 0.25) is 0 Å². The molecule has 1 aromatic heterocycles. The molecule has 1 heterocycles. The third-order valence-electron chi connectivity index (χ3n) is 2.17. The van der Waals surface area contributed by atoms with Crippen molar-refractivity contribution < 1.29 is 9.50 Å². The van der Waals surface area contributed by atoms with Crippen LogP contribution in [-0.4, -0.2) is 10.1 Å². The van der Waals surface area contributed by atoms with Gasteiger partial charge in [-0.2, -0.15) is 0 Å². The lowest BCUT2D eigenvalue weighted by atomic mass is 10.1. The molecule has 1 unspecified atom stereocenters. The molecule has 0 saturated heterocycles. The Morgan fingerprint density at radius 3 is 3.00 bits per heavy atom. The summed E-state index contributed by atoms with van der Waals surface area (Å²) in [6, 6.07) is 4.28. The predicted molar refractivity (Wildman–Crippen MR) is 64.9 cm³/mol. The number of benzene rings is 1. The molecule has 0 aliphatic carbocycles. The van der Waals surface area contributed by atoms with E-state index in [4.69, 9.17) is 0 Å². The fourth-order valence-corrected chi connectivity index (χ4v) is 2.56. The summed E-state index contributed by atoms with van der Waals surface area (Å²) < 4.78 is 13.7. The second-order valence-electron chi connectivity index (χ2n) is 3.31. The molecule has 84 valence electrons. The first-order valence-electron chi connectivity index (χ1n) is 4.68. The minimum Gasteiger partial charge on any atom is -0.388 e. The molecule has 2 aromatic rings. The number of aliphatic hydroxyl groups is 1. The van der Waals surface area contributed by atoms with Gasteiger partial charge in [-0.3, -0.25) is 0 Å². The quantitative estimate of drug-likeness (QED) is 0.943. The SMILES string of the molecule is OC(Cc1nccs1)c1cc(F)ccc1Br. The van der Waals surface area contributed by atoms with Gasteiger partial charge in [-0.25, -0.2) is 9.37 Å². The summed E-state index contributed by atoms with van der Waals surface area (Å²) in [4.78, 5) is 4.08. The van der Waals surface area contributed by atoms with Crippen LogP contribution in [0.3, 0.4) is 0 Å². The smallest absolute Gasteiger partial charge is 0.123 e. The topological polar surface area (TPSA) is 33.1 Å². The van der Waals surface area contributed by atoms with Gasteiger partial charge < -0.3 is 5.11 Å². The maximum atomic E-state index is 13.0. The van der Waals surface area contributed by atoms with Crippen LogP contribution in [0, 0.1) is 5.82 Å². The van der Waals surface area contributed by atoms with Crippen LogP contribution >= 0.6 is 27.3 Å². The van der Waals surface area contributed by atoms with Crippen molar-refractivity contribution in [2.45, 2.75) is 12.5 Å². The molecule has 0 amide bonds. The van der Waals surface area contributed by atoms with Gasteiger partial charge in [-0.05, 0) is 23.8 Å². The van der Waals surface area contributed by atoms with Crippen molar-refractivity contribution in [3.05, 3.63) is 50.6 Å². The molecular formula is C11H9BrFNOS. The van der Waals surface area contributed by atoms with Crippen molar-refractivity contribution in [3.63, 3.8) is 0 Å². The minimum absolute atomic E-state index is 0.351. The Morgan fingerprint density at radius 1 is 1.50 bits per heavy atom. The van der Waals surface area contributed by atoms with Gasteiger partial charge in [0.2, 0.25) is 0 Å². The number of aromatic nitrogens is 1.